The van der Waals surface area contributed by atoms with Crippen LogP contribution in [0, 0.1) is 5.82 Å². The number of anilines is 1. The van der Waals surface area contributed by atoms with E-state index >= 15 is 0 Å². The highest BCUT2D eigenvalue weighted by Gasteiger charge is 2.29. The molecule has 0 unspecified atom stereocenters. The van der Waals surface area contributed by atoms with Crippen molar-refractivity contribution in [3.63, 3.8) is 0 Å². The molecule has 0 spiro atoms. The molecule has 1 heterocycles. The van der Waals surface area contributed by atoms with Crippen molar-refractivity contribution in [1.82, 2.24) is 9.21 Å². The maximum absolute atomic E-state index is 13.3. The Morgan fingerprint density at radius 3 is 2.35 bits per heavy atom. The van der Waals surface area contributed by atoms with Gasteiger partial charge in [0, 0.05) is 36.9 Å². The van der Waals surface area contributed by atoms with Crippen LogP contribution in [0.25, 0.3) is 0 Å². The second-order valence-electron chi connectivity index (χ2n) is 5.79. The van der Waals surface area contributed by atoms with Crippen LogP contribution < -0.4 is 5.32 Å². The van der Waals surface area contributed by atoms with Crippen LogP contribution in [0.2, 0.25) is 5.02 Å². The highest BCUT2D eigenvalue weighted by atomic mass is 35.5. The predicted octanol–water partition coefficient (Wildman–Crippen LogP) is 3.18. The number of rotatable bonds is 3. The SMILES string of the molecule is O=S(=O)(c1cccc(F)c1)N1CCN(C(=S)Nc2ccc(Cl)cc2)CC1. The minimum Gasteiger partial charge on any atom is -0.346 e. The van der Waals surface area contributed by atoms with E-state index < -0.39 is 15.8 Å². The van der Waals surface area contributed by atoms with E-state index in [0.29, 0.717) is 23.2 Å². The molecular formula is C17H17ClFN3O2S2. The summed E-state index contributed by atoms with van der Waals surface area (Å²) in [6.07, 6.45) is 0. The molecule has 0 atom stereocenters. The molecule has 9 heteroatoms. The van der Waals surface area contributed by atoms with E-state index in [4.69, 9.17) is 23.8 Å². The van der Waals surface area contributed by atoms with Crippen molar-refractivity contribution in [2.45, 2.75) is 4.90 Å². The number of nitrogens with one attached hydrogen (secondary N) is 1. The van der Waals surface area contributed by atoms with Gasteiger partial charge in [-0.25, -0.2) is 12.8 Å². The summed E-state index contributed by atoms with van der Waals surface area (Å²) in [5.74, 6) is -0.571. The third-order valence-corrected chi connectivity index (χ3v) is 6.56. The molecule has 2 aromatic rings. The molecule has 0 radical (unpaired) electrons. The zero-order chi connectivity index (χ0) is 18.7. The highest BCUT2D eigenvalue weighted by Crippen LogP contribution is 2.19. The number of nitrogens with zero attached hydrogens (tertiary/aromatic N) is 2. The molecule has 2 aromatic carbocycles. The summed E-state index contributed by atoms with van der Waals surface area (Å²) in [5, 5.41) is 4.27. The number of hydrogen-bond donors (Lipinski definition) is 1. The van der Waals surface area contributed by atoms with Crippen LogP contribution in [-0.4, -0.2) is 48.9 Å². The summed E-state index contributed by atoms with van der Waals surface area (Å²) < 4.78 is 39.9. The monoisotopic (exact) mass is 413 g/mol. The number of piperazine rings is 1. The van der Waals surface area contributed by atoms with Gasteiger partial charge < -0.3 is 10.2 Å². The molecule has 1 saturated heterocycles. The van der Waals surface area contributed by atoms with Crippen LogP contribution in [0.5, 0.6) is 0 Å². The lowest BCUT2D eigenvalue weighted by Gasteiger charge is -2.35. The van der Waals surface area contributed by atoms with Gasteiger partial charge in [-0.2, -0.15) is 4.31 Å². The first kappa shape index (κ1) is 19.0. The Bertz CT molecular complexity index is 898. The van der Waals surface area contributed by atoms with Crippen LogP contribution in [0.4, 0.5) is 10.1 Å². The van der Waals surface area contributed by atoms with Crippen molar-refractivity contribution in [3.05, 3.63) is 59.4 Å². The second kappa shape index (κ2) is 7.87. The third kappa shape index (κ3) is 4.32. The summed E-state index contributed by atoms with van der Waals surface area (Å²) in [6, 6.07) is 12.2. The van der Waals surface area contributed by atoms with Crippen LogP contribution in [0.1, 0.15) is 0 Å². The van der Waals surface area contributed by atoms with Gasteiger partial charge in [-0.3, -0.25) is 0 Å². The van der Waals surface area contributed by atoms with Gasteiger partial charge in [-0.1, -0.05) is 17.7 Å². The molecule has 3 rings (SSSR count). The van der Waals surface area contributed by atoms with Crippen molar-refractivity contribution in [2.75, 3.05) is 31.5 Å². The molecule has 1 fully saturated rings. The molecule has 1 aliphatic heterocycles. The molecule has 1 aliphatic rings. The maximum Gasteiger partial charge on any atom is 0.243 e. The van der Waals surface area contributed by atoms with Gasteiger partial charge in [-0.15, -0.1) is 0 Å². The lowest BCUT2D eigenvalue weighted by atomic mass is 10.3. The number of thiocarbonyl (C=S) groups is 1. The Morgan fingerprint density at radius 2 is 1.73 bits per heavy atom. The van der Waals surface area contributed by atoms with Crippen molar-refractivity contribution in [1.29, 1.82) is 0 Å². The molecule has 0 bridgehead atoms. The molecule has 26 heavy (non-hydrogen) atoms. The van der Waals surface area contributed by atoms with E-state index in [1.54, 1.807) is 12.1 Å². The normalized spacial score (nSPS) is 15.7. The lowest BCUT2D eigenvalue weighted by molar-refractivity contribution is 0.268. The van der Waals surface area contributed by atoms with E-state index in [9.17, 15) is 12.8 Å². The average molecular weight is 414 g/mol. The Kier molecular flexibility index (Phi) is 5.76. The molecule has 1 N–H and O–H groups in total. The van der Waals surface area contributed by atoms with Crippen LogP contribution in [0.15, 0.2) is 53.4 Å². The standard InChI is InChI=1S/C17H17ClFN3O2S2/c18-13-4-6-15(7-5-13)20-17(25)21-8-10-22(11-9-21)26(23,24)16-3-1-2-14(19)12-16/h1-7,12H,8-11H2,(H,20,25). The first-order valence-corrected chi connectivity index (χ1v) is 10.2. The number of benzene rings is 2. The zero-order valence-corrected chi connectivity index (χ0v) is 16.1. The number of hydrogen-bond acceptors (Lipinski definition) is 3. The topological polar surface area (TPSA) is 52.7 Å². The molecule has 0 saturated carbocycles. The fourth-order valence-corrected chi connectivity index (χ4v) is 4.52. The van der Waals surface area contributed by atoms with E-state index in [2.05, 4.69) is 5.32 Å². The number of halogens is 2. The van der Waals surface area contributed by atoms with E-state index in [1.807, 2.05) is 17.0 Å². The van der Waals surface area contributed by atoms with Crippen LogP contribution >= 0.6 is 23.8 Å². The van der Waals surface area contributed by atoms with E-state index in [0.717, 1.165) is 11.8 Å². The summed E-state index contributed by atoms with van der Waals surface area (Å²) >= 11 is 11.3. The summed E-state index contributed by atoms with van der Waals surface area (Å²) in [7, 11) is -3.71. The molecule has 0 aromatic heterocycles. The van der Waals surface area contributed by atoms with Crippen LogP contribution in [-0.2, 0) is 10.0 Å². The van der Waals surface area contributed by atoms with Gasteiger partial charge in [0.2, 0.25) is 10.0 Å². The molecule has 0 aliphatic carbocycles. The summed E-state index contributed by atoms with van der Waals surface area (Å²) in [5.41, 5.74) is 0.814. The highest BCUT2D eigenvalue weighted by molar-refractivity contribution is 7.89. The van der Waals surface area contributed by atoms with Crippen molar-refractivity contribution in [3.8, 4) is 0 Å². The first-order valence-electron chi connectivity index (χ1n) is 7.93. The van der Waals surface area contributed by atoms with Gasteiger partial charge in [0.15, 0.2) is 5.11 Å². The molecule has 5 nitrogen and oxygen atoms in total. The lowest BCUT2D eigenvalue weighted by Crippen LogP contribution is -2.51. The van der Waals surface area contributed by atoms with Gasteiger partial charge in [-0.05, 0) is 54.7 Å². The quantitative estimate of drug-likeness (QED) is 0.783. The van der Waals surface area contributed by atoms with Crippen LogP contribution in [0.3, 0.4) is 0 Å². The van der Waals surface area contributed by atoms with Gasteiger partial charge >= 0.3 is 0 Å². The Hall–Kier alpha value is -1.74. The van der Waals surface area contributed by atoms with Gasteiger partial charge in [0.05, 0.1) is 4.90 Å². The van der Waals surface area contributed by atoms with Crippen molar-refractivity contribution in [2.24, 2.45) is 0 Å². The third-order valence-electron chi connectivity index (χ3n) is 4.06. The predicted molar refractivity (Wildman–Crippen MR) is 104 cm³/mol. The zero-order valence-electron chi connectivity index (χ0n) is 13.7. The van der Waals surface area contributed by atoms with Crippen molar-refractivity contribution < 1.29 is 12.8 Å². The smallest absolute Gasteiger partial charge is 0.243 e. The fraction of sp³-hybridized carbons (Fsp3) is 0.235. The minimum atomic E-state index is -3.71. The Morgan fingerprint density at radius 1 is 1.08 bits per heavy atom. The first-order chi connectivity index (χ1) is 12.4. The molecule has 0 amide bonds. The van der Waals surface area contributed by atoms with E-state index in [1.165, 1.54) is 22.5 Å². The molecular weight excluding hydrogens is 397 g/mol. The fourth-order valence-electron chi connectivity index (χ4n) is 2.64. The summed E-state index contributed by atoms with van der Waals surface area (Å²) in [4.78, 5) is 1.87. The average Bonchev–Trinajstić information content (AvgIpc) is 2.64. The minimum absolute atomic E-state index is 0.0344. The Labute approximate surface area is 162 Å². The van der Waals surface area contributed by atoms with Gasteiger partial charge in [0.25, 0.3) is 0 Å². The largest absolute Gasteiger partial charge is 0.346 e. The maximum atomic E-state index is 13.3. The number of sulfonamides is 1. The van der Waals surface area contributed by atoms with Crippen molar-refractivity contribution >= 4 is 44.6 Å². The van der Waals surface area contributed by atoms with E-state index in [-0.39, 0.29) is 18.0 Å². The van der Waals surface area contributed by atoms with Gasteiger partial charge in [0.1, 0.15) is 5.82 Å². The Balaban J connectivity index is 1.61. The summed E-state index contributed by atoms with van der Waals surface area (Å²) in [6.45, 7) is 1.46. The second-order valence-corrected chi connectivity index (χ2v) is 8.55. The molecule has 138 valence electrons.